The lowest BCUT2D eigenvalue weighted by Crippen LogP contribution is -2.47. The Labute approximate surface area is 312 Å². The lowest BCUT2D eigenvalue weighted by molar-refractivity contribution is -0.116. The van der Waals surface area contributed by atoms with Crippen LogP contribution in [0.5, 0.6) is 0 Å². The number of hydrogen-bond donors (Lipinski definition) is 1. The summed E-state index contributed by atoms with van der Waals surface area (Å²) in [5, 5.41) is 7.05. The van der Waals surface area contributed by atoms with E-state index in [4.69, 9.17) is 0 Å². The fourth-order valence-corrected chi connectivity index (χ4v) is 12.9. The fraction of sp³-hybridized carbons (Fsp3) is 0.0833. The molecule has 0 aliphatic carbocycles. The van der Waals surface area contributed by atoms with Crippen molar-refractivity contribution in [2.24, 2.45) is 0 Å². The zero-order valence-electron chi connectivity index (χ0n) is 29.3. The van der Waals surface area contributed by atoms with E-state index < -0.39 is 12.8 Å². The topological polar surface area (TPSA) is 49.4 Å². The second-order valence-corrected chi connectivity index (χ2v) is 17.0. The Hall–Kier alpha value is -6.09. The molecule has 258 valence electrons. The van der Waals surface area contributed by atoms with Gasteiger partial charge in [0.2, 0.25) is 0 Å². The average Bonchev–Trinajstić information content (AvgIpc) is 3.63. The van der Waals surface area contributed by atoms with Gasteiger partial charge in [-0.3, -0.25) is 9.59 Å². The van der Waals surface area contributed by atoms with Gasteiger partial charge in [-0.05, 0) is 77.4 Å². The van der Waals surface area contributed by atoms with Crippen LogP contribution in [0, 0.1) is 0 Å². The van der Waals surface area contributed by atoms with Crippen molar-refractivity contribution < 1.29 is 9.59 Å². The minimum Gasteiger partial charge on any atom is -0.334 e. The highest BCUT2D eigenvalue weighted by Gasteiger charge is 2.58. The second-order valence-electron chi connectivity index (χ2n) is 13.4. The molecule has 1 aliphatic rings. The van der Waals surface area contributed by atoms with Crippen molar-refractivity contribution in [1.82, 2.24) is 5.32 Å². The molecular formula is C48H40N2O2P+. The van der Waals surface area contributed by atoms with Crippen molar-refractivity contribution >= 4 is 40.7 Å². The summed E-state index contributed by atoms with van der Waals surface area (Å²) in [5.74, 6) is -0.0933. The van der Waals surface area contributed by atoms with Crippen LogP contribution in [-0.2, 0) is 10.3 Å². The Kier molecular flexibility index (Phi) is 9.55. The first-order chi connectivity index (χ1) is 26.1. The molecule has 1 saturated heterocycles. The van der Waals surface area contributed by atoms with E-state index in [9.17, 15) is 9.59 Å². The van der Waals surface area contributed by atoms with Crippen LogP contribution in [0.3, 0.4) is 0 Å². The smallest absolute Gasteiger partial charge is 0.268 e. The predicted molar refractivity (Wildman–Crippen MR) is 219 cm³/mol. The van der Waals surface area contributed by atoms with Crippen LogP contribution in [0.4, 0.5) is 5.69 Å². The molecule has 0 bridgehead atoms. The maximum absolute atomic E-state index is 14.8. The fourth-order valence-electron chi connectivity index (χ4n) is 8.07. The molecule has 53 heavy (non-hydrogen) atoms. The SMILES string of the molecule is O=C(NC(c1ccccc1)(c1ccccc1)c1ccccc1)c1ccc(N2CCC([P+](c3ccccc3)(c3ccccc3)c3ccccc3)C2=O)cc1. The molecule has 1 unspecified atom stereocenters. The third-order valence-corrected chi connectivity index (χ3v) is 15.2. The molecule has 2 amide bonds. The summed E-state index contributed by atoms with van der Waals surface area (Å²) in [7, 11) is -2.41. The highest BCUT2D eigenvalue weighted by atomic mass is 31.2. The number of rotatable bonds is 10. The zero-order valence-corrected chi connectivity index (χ0v) is 30.2. The molecule has 0 spiro atoms. The number of hydrogen-bond acceptors (Lipinski definition) is 2. The number of anilines is 1. The Bertz CT molecular complexity index is 2090. The van der Waals surface area contributed by atoms with Crippen LogP contribution >= 0.6 is 7.26 Å². The molecule has 5 heteroatoms. The summed E-state index contributed by atoms with van der Waals surface area (Å²) in [6.07, 6.45) is 0.723. The number of nitrogens with one attached hydrogen (secondary N) is 1. The Balaban J connectivity index is 1.14. The second kappa shape index (κ2) is 14.9. The first-order valence-electron chi connectivity index (χ1n) is 18.1. The molecule has 7 aromatic carbocycles. The number of amides is 2. The molecular weight excluding hydrogens is 668 g/mol. The molecule has 0 radical (unpaired) electrons. The number of carbonyl (C=O) groups is 2. The van der Waals surface area contributed by atoms with E-state index in [0.29, 0.717) is 12.1 Å². The van der Waals surface area contributed by atoms with E-state index in [2.05, 4.69) is 115 Å². The Morgan fingerprint density at radius 3 is 1.25 bits per heavy atom. The lowest BCUT2D eigenvalue weighted by Gasteiger charge is -2.37. The molecule has 1 heterocycles. The van der Waals surface area contributed by atoms with Gasteiger partial charge in [0.05, 0.1) is 0 Å². The van der Waals surface area contributed by atoms with E-state index in [0.717, 1.165) is 28.8 Å². The van der Waals surface area contributed by atoms with Crippen LogP contribution in [-0.4, -0.2) is 24.0 Å². The van der Waals surface area contributed by atoms with Crippen LogP contribution < -0.4 is 26.1 Å². The van der Waals surface area contributed by atoms with Crippen molar-refractivity contribution in [3.63, 3.8) is 0 Å². The maximum Gasteiger partial charge on any atom is 0.268 e. The number of carbonyl (C=O) groups excluding carboxylic acids is 2. The highest BCUT2D eigenvalue weighted by Crippen LogP contribution is 2.62. The molecule has 0 saturated carbocycles. The molecule has 0 aromatic heterocycles. The van der Waals surface area contributed by atoms with Crippen molar-refractivity contribution in [1.29, 1.82) is 0 Å². The highest BCUT2D eigenvalue weighted by molar-refractivity contribution is 7.97. The Morgan fingerprint density at radius 2 is 0.868 bits per heavy atom. The van der Waals surface area contributed by atoms with Gasteiger partial charge >= 0.3 is 0 Å². The van der Waals surface area contributed by atoms with Crippen LogP contribution in [0.1, 0.15) is 33.5 Å². The predicted octanol–water partition coefficient (Wildman–Crippen LogP) is 8.51. The zero-order chi connectivity index (χ0) is 36.1. The maximum atomic E-state index is 14.8. The normalized spacial score (nSPS) is 14.5. The lowest BCUT2D eigenvalue weighted by atomic mass is 9.77. The monoisotopic (exact) mass is 707 g/mol. The van der Waals surface area contributed by atoms with E-state index >= 15 is 0 Å². The quantitative estimate of drug-likeness (QED) is 0.115. The molecule has 7 aromatic rings. The summed E-state index contributed by atoms with van der Waals surface area (Å²) in [4.78, 5) is 31.1. The van der Waals surface area contributed by atoms with E-state index in [1.165, 1.54) is 15.9 Å². The molecule has 1 aliphatic heterocycles. The van der Waals surface area contributed by atoms with Gasteiger partial charge in [-0.15, -0.1) is 0 Å². The van der Waals surface area contributed by atoms with Gasteiger partial charge in [0.1, 0.15) is 28.7 Å². The summed E-state index contributed by atoms with van der Waals surface area (Å²) in [5.41, 5.74) is 3.01. The van der Waals surface area contributed by atoms with E-state index in [1.54, 1.807) is 0 Å². The third-order valence-electron chi connectivity index (χ3n) is 10.5. The number of benzene rings is 7. The van der Waals surface area contributed by atoms with Crippen molar-refractivity contribution in [2.45, 2.75) is 17.6 Å². The summed E-state index contributed by atoms with van der Waals surface area (Å²) >= 11 is 0. The van der Waals surface area contributed by atoms with Gasteiger partial charge in [-0.2, -0.15) is 0 Å². The van der Waals surface area contributed by atoms with Crippen molar-refractivity contribution in [3.05, 3.63) is 229 Å². The summed E-state index contributed by atoms with van der Waals surface area (Å²) in [6, 6.07) is 69.6. The van der Waals surface area contributed by atoms with E-state index in [-0.39, 0.29) is 17.5 Å². The molecule has 4 nitrogen and oxygen atoms in total. The van der Waals surface area contributed by atoms with Gasteiger partial charge in [-0.25, -0.2) is 0 Å². The summed E-state index contributed by atoms with van der Waals surface area (Å²) < 4.78 is 0. The first-order valence-corrected chi connectivity index (χ1v) is 19.9. The Morgan fingerprint density at radius 1 is 0.509 bits per heavy atom. The number of nitrogens with zero attached hydrogens (tertiary/aromatic N) is 1. The van der Waals surface area contributed by atoms with Gasteiger partial charge in [0.25, 0.3) is 11.8 Å². The van der Waals surface area contributed by atoms with Crippen LogP contribution in [0.15, 0.2) is 206 Å². The largest absolute Gasteiger partial charge is 0.334 e. The molecule has 8 rings (SSSR count). The van der Waals surface area contributed by atoms with Gasteiger partial charge in [0, 0.05) is 24.2 Å². The molecule has 1 fully saturated rings. The average molecular weight is 708 g/mol. The van der Waals surface area contributed by atoms with E-state index in [1.807, 2.05) is 102 Å². The van der Waals surface area contributed by atoms with Crippen LogP contribution in [0.25, 0.3) is 0 Å². The standard InChI is InChI=1S/C48H39N2O2P/c51-46(49-48(38-19-7-1-8-20-38,39-21-9-2-10-22-39)40-23-11-3-12-24-40)37-31-33-41(34-32-37)50-36-35-45(47(50)52)53(42-25-13-4-14-26-42,43-27-15-5-16-28-43)44-29-17-6-18-30-44/h1-34,45H,35-36H2/p+1. The minimum atomic E-state index is -2.41. The van der Waals surface area contributed by atoms with Gasteiger partial charge in [0.15, 0.2) is 5.66 Å². The van der Waals surface area contributed by atoms with Crippen molar-refractivity contribution in [2.75, 3.05) is 11.4 Å². The molecule has 1 atom stereocenters. The van der Waals surface area contributed by atoms with Crippen molar-refractivity contribution in [3.8, 4) is 0 Å². The van der Waals surface area contributed by atoms with Gasteiger partial charge < -0.3 is 10.2 Å². The van der Waals surface area contributed by atoms with Crippen LogP contribution in [0.2, 0.25) is 0 Å². The minimum absolute atomic E-state index is 0.114. The van der Waals surface area contributed by atoms with Gasteiger partial charge in [-0.1, -0.05) is 146 Å². The first kappa shape index (κ1) is 34.0. The third kappa shape index (κ3) is 6.16. The summed E-state index contributed by atoms with van der Waals surface area (Å²) in [6.45, 7) is 0.600. The molecule has 1 N–H and O–H groups in total.